The number of hydrogen-bond acceptors (Lipinski definition) is 2. The Bertz CT molecular complexity index is 647. The SMILES string of the molecule is O=C(COc1cc(Cl)ccc1Cl)NCCc1ccc(F)cc1. The second-order valence-corrected chi connectivity index (χ2v) is 5.43. The Morgan fingerprint density at radius 3 is 2.59 bits per heavy atom. The van der Waals surface area contributed by atoms with Gasteiger partial charge in [-0.15, -0.1) is 0 Å². The lowest BCUT2D eigenvalue weighted by atomic mass is 10.1. The van der Waals surface area contributed by atoms with E-state index in [0.717, 1.165) is 5.56 Å². The van der Waals surface area contributed by atoms with E-state index in [9.17, 15) is 9.18 Å². The lowest BCUT2D eigenvalue weighted by Gasteiger charge is -2.09. The molecule has 2 rings (SSSR count). The fourth-order valence-corrected chi connectivity index (χ4v) is 2.11. The van der Waals surface area contributed by atoms with Gasteiger partial charge in [0, 0.05) is 17.6 Å². The highest BCUT2D eigenvalue weighted by Gasteiger charge is 2.06. The molecule has 6 heteroatoms. The molecule has 0 fully saturated rings. The first-order valence-corrected chi connectivity index (χ1v) is 7.39. The molecule has 1 amide bonds. The van der Waals surface area contributed by atoms with Gasteiger partial charge in [0.25, 0.3) is 5.91 Å². The lowest BCUT2D eigenvalue weighted by Crippen LogP contribution is -2.30. The lowest BCUT2D eigenvalue weighted by molar-refractivity contribution is -0.123. The number of nitrogens with one attached hydrogen (secondary N) is 1. The molecule has 0 atom stereocenters. The summed E-state index contributed by atoms with van der Waals surface area (Å²) in [6.45, 7) is 0.292. The Kier molecular flexibility index (Phi) is 6.04. The summed E-state index contributed by atoms with van der Waals surface area (Å²) >= 11 is 11.8. The normalized spacial score (nSPS) is 10.3. The molecule has 2 aromatic carbocycles. The van der Waals surface area contributed by atoms with E-state index in [-0.39, 0.29) is 18.3 Å². The Hall–Kier alpha value is -1.78. The molecule has 0 unspecified atom stereocenters. The molecule has 0 saturated heterocycles. The molecule has 1 N–H and O–H groups in total. The molecule has 0 saturated carbocycles. The quantitative estimate of drug-likeness (QED) is 0.866. The Balaban J connectivity index is 1.74. The number of benzene rings is 2. The third-order valence-electron chi connectivity index (χ3n) is 2.90. The zero-order chi connectivity index (χ0) is 15.9. The van der Waals surface area contributed by atoms with Crippen LogP contribution in [-0.4, -0.2) is 19.1 Å². The summed E-state index contributed by atoms with van der Waals surface area (Å²) in [5.74, 6) is -0.180. The van der Waals surface area contributed by atoms with Crippen LogP contribution in [0.1, 0.15) is 5.56 Å². The number of carbonyl (C=O) groups excluding carboxylic acids is 1. The van der Waals surface area contributed by atoms with E-state index in [1.165, 1.54) is 12.1 Å². The number of halogens is 3. The summed E-state index contributed by atoms with van der Waals surface area (Å²) in [6, 6.07) is 10.9. The van der Waals surface area contributed by atoms with Crippen LogP contribution in [0.25, 0.3) is 0 Å². The Labute approximate surface area is 138 Å². The summed E-state index contributed by atoms with van der Waals surface area (Å²) in [4.78, 5) is 11.7. The van der Waals surface area contributed by atoms with Gasteiger partial charge in [-0.1, -0.05) is 35.3 Å². The maximum Gasteiger partial charge on any atom is 0.257 e. The first-order valence-electron chi connectivity index (χ1n) is 6.63. The highest BCUT2D eigenvalue weighted by molar-refractivity contribution is 6.34. The molecular weight excluding hydrogens is 328 g/mol. The van der Waals surface area contributed by atoms with Crippen molar-refractivity contribution in [2.24, 2.45) is 0 Å². The highest BCUT2D eigenvalue weighted by atomic mass is 35.5. The fraction of sp³-hybridized carbons (Fsp3) is 0.188. The molecule has 2 aromatic rings. The summed E-state index contributed by atoms with van der Waals surface area (Å²) in [7, 11) is 0. The van der Waals surface area contributed by atoms with Crippen molar-refractivity contribution in [3.63, 3.8) is 0 Å². The molecule has 116 valence electrons. The molecule has 0 heterocycles. The third kappa shape index (κ3) is 5.20. The van der Waals surface area contributed by atoms with E-state index < -0.39 is 0 Å². The molecular formula is C16H14Cl2FNO2. The van der Waals surface area contributed by atoms with Crippen LogP contribution in [0.3, 0.4) is 0 Å². The first kappa shape index (κ1) is 16.6. The Morgan fingerprint density at radius 2 is 1.86 bits per heavy atom. The minimum atomic E-state index is -0.278. The van der Waals surface area contributed by atoms with Gasteiger partial charge in [0.05, 0.1) is 5.02 Å². The van der Waals surface area contributed by atoms with Gasteiger partial charge in [0.1, 0.15) is 11.6 Å². The van der Waals surface area contributed by atoms with Crippen LogP contribution < -0.4 is 10.1 Å². The maximum atomic E-state index is 12.8. The van der Waals surface area contributed by atoms with Crippen molar-refractivity contribution in [1.29, 1.82) is 0 Å². The van der Waals surface area contributed by atoms with Gasteiger partial charge in [-0.05, 0) is 36.2 Å². The van der Waals surface area contributed by atoms with E-state index in [1.54, 1.807) is 30.3 Å². The molecule has 0 aliphatic heterocycles. The summed E-state index contributed by atoms with van der Waals surface area (Å²) in [5, 5.41) is 3.59. The van der Waals surface area contributed by atoms with Crippen molar-refractivity contribution >= 4 is 29.1 Å². The minimum absolute atomic E-state index is 0.149. The van der Waals surface area contributed by atoms with Crippen molar-refractivity contribution < 1.29 is 13.9 Å². The van der Waals surface area contributed by atoms with Gasteiger partial charge in [-0.3, -0.25) is 4.79 Å². The molecule has 0 aliphatic carbocycles. The number of amides is 1. The largest absolute Gasteiger partial charge is 0.482 e. The average molecular weight is 342 g/mol. The van der Waals surface area contributed by atoms with Gasteiger partial charge in [-0.2, -0.15) is 0 Å². The van der Waals surface area contributed by atoms with Gasteiger partial charge in [0.2, 0.25) is 0 Å². The van der Waals surface area contributed by atoms with Gasteiger partial charge >= 0.3 is 0 Å². The molecule has 0 spiro atoms. The van der Waals surface area contributed by atoms with Crippen LogP contribution >= 0.6 is 23.2 Å². The van der Waals surface area contributed by atoms with Crippen molar-refractivity contribution in [2.45, 2.75) is 6.42 Å². The second-order valence-electron chi connectivity index (χ2n) is 4.59. The predicted molar refractivity (Wildman–Crippen MR) is 85.1 cm³/mol. The smallest absolute Gasteiger partial charge is 0.257 e. The fourth-order valence-electron chi connectivity index (χ4n) is 1.78. The first-order chi connectivity index (χ1) is 10.5. The zero-order valence-corrected chi connectivity index (χ0v) is 13.1. The van der Waals surface area contributed by atoms with E-state index in [2.05, 4.69) is 5.32 Å². The highest BCUT2D eigenvalue weighted by Crippen LogP contribution is 2.27. The summed E-state index contributed by atoms with van der Waals surface area (Å²) < 4.78 is 18.1. The molecule has 3 nitrogen and oxygen atoms in total. The molecule has 0 bridgehead atoms. The number of rotatable bonds is 6. The average Bonchev–Trinajstić information content (AvgIpc) is 2.50. The number of hydrogen-bond donors (Lipinski definition) is 1. The molecule has 0 aromatic heterocycles. The predicted octanol–water partition coefficient (Wildman–Crippen LogP) is 3.87. The minimum Gasteiger partial charge on any atom is -0.482 e. The molecule has 0 aliphatic rings. The van der Waals surface area contributed by atoms with Crippen molar-refractivity contribution in [2.75, 3.05) is 13.2 Å². The standard InChI is InChI=1S/C16H14Cl2FNO2/c17-12-3-6-14(18)15(9-12)22-10-16(21)20-8-7-11-1-4-13(19)5-2-11/h1-6,9H,7-8,10H2,(H,20,21). The van der Waals surface area contributed by atoms with Crippen LogP contribution in [0.2, 0.25) is 10.0 Å². The summed E-state index contributed by atoms with van der Waals surface area (Å²) in [6.07, 6.45) is 0.615. The van der Waals surface area contributed by atoms with Crippen LogP contribution in [0, 0.1) is 5.82 Å². The van der Waals surface area contributed by atoms with Crippen LogP contribution in [0.4, 0.5) is 4.39 Å². The summed E-state index contributed by atoms with van der Waals surface area (Å²) in [5.41, 5.74) is 0.945. The molecule has 22 heavy (non-hydrogen) atoms. The van der Waals surface area contributed by atoms with Gasteiger partial charge in [-0.25, -0.2) is 4.39 Å². The number of carbonyl (C=O) groups is 1. The van der Waals surface area contributed by atoms with Gasteiger partial charge < -0.3 is 10.1 Å². The van der Waals surface area contributed by atoms with Crippen molar-refractivity contribution in [3.8, 4) is 5.75 Å². The Morgan fingerprint density at radius 1 is 1.14 bits per heavy atom. The van der Waals surface area contributed by atoms with Gasteiger partial charge in [0.15, 0.2) is 6.61 Å². The third-order valence-corrected chi connectivity index (χ3v) is 3.45. The number of ether oxygens (including phenoxy) is 1. The maximum absolute atomic E-state index is 12.8. The van der Waals surface area contributed by atoms with E-state index >= 15 is 0 Å². The van der Waals surface area contributed by atoms with Crippen LogP contribution in [0.15, 0.2) is 42.5 Å². The van der Waals surface area contributed by atoms with E-state index in [0.29, 0.717) is 28.8 Å². The van der Waals surface area contributed by atoms with Crippen molar-refractivity contribution in [1.82, 2.24) is 5.32 Å². The zero-order valence-electron chi connectivity index (χ0n) is 11.6. The van der Waals surface area contributed by atoms with Crippen LogP contribution in [0.5, 0.6) is 5.75 Å². The van der Waals surface area contributed by atoms with Crippen molar-refractivity contribution in [3.05, 3.63) is 63.9 Å². The topological polar surface area (TPSA) is 38.3 Å². The van der Waals surface area contributed by atoms with E-state index in [4.69, 9.17) is 27.9 Å². The monoisotopic (exact) mass is 341 g/mol. The second kappa shape index (κ2) is 8.01. The van der Waals surface area contributed by atoms with E-state index in [1.807, 2.05) is 0 Å². The van der Waals surface area contributed by atoms with Crippen LogP contribution in [-0.2, 0) is 11.2 Å². The molecule has 0 radical (unpaired) electrons.